The van der Waals surface area contributed by atoms with Gasteiger partial charge in [0.1, 0.15) is 12.1 Å². The summed E-state index contributed by atoms with van der Waals surface area (Å²) < 4.78 is 5.51. The maximum absolute atomic E-state index is 12.0. The second kappa shape index (κ2) is 6.43. The maximum Gasteiger partial charge on any atom is 0.328 e. The molecular formula is C14H22N2O5. The van der Waals surface area contributed by atoms with Crippen LogP contribution in [0.25, 0.3) is 0 Å². The summed E-state index contributed by atoms with van der Waals surface area (Å²) in [5.41, 5.74) is 5.44. The Morgan fingerprint density at radius 1 is 1.24 bits per heavy atom. The molecule has 0 aliphatic heterocycles. The number of carboxylic acids is 1. The number of ether oxygens (including phenoxy) is 1. The molecule has 7 heteroatoms. The topological polar surface area (TPSA) is 119 Å². The van der Waals surface area contributed by atoms with E-state index in [-0.39, 0.29) is 6.10 Å². The van der Waals surface area contributed by atoms with Crippen LogP contribution in [0.3, 0.4) is 0 Å². The Morgan fingerprint density at radius 3 is 2.19 bits per heavy atom. The summed E-state index contributed by atoms with van der Waals surface area (Å²) in [6.45, 7) is 1.52. The molecule has 4 N–H and O–H groups in total. The Bertz CT molecular complexity index is 419. The Hall–Kier alpha value is -1.63. The summed E-state index contributed by atoms with van der Waals surface area (Å²) in [4.78, 5) is 34.2. The minimum absolute atomic E-state index is 0.0236. The molecule has 2 aliphatic carbocycles. The Balaban J connectivity index is 1.78. The van der Waals surface area contributed by atoms with Gasteiger partial charge in [-0.05, 0) is 44.4 Å². The maximum atomic E-state index is 12.0. The number of aliphatic carboxylic acids is 1. The number of carboxylic acid groups (broad SMARTS) is 1. The normalized spacial score (nSPS) is 20.7. The number of carbonyl (C=O) groups excluding carboxylic acids is 2. The third-order valence-electron chi connectivity index (χ3n) is 3.87. The Kier molecular flexibility index (Phi) is 4.82. The number of rotatable bonds is 8. The lowest BCUT2D eigenvalue weighted by atomic mass is 10.1. The fourth-order valence-electron chi connectivity index (χ4n) is 2.32. The van der Waals surface area contributed by atoms with Crippen molar-refractivity contribution >= 4 is 17.8 Å². The molecule has 0 unspecified atom stereocenters. The molecule has 0 radical (unpaired) electrons. The number of nitrogens with two attached hydrogens (primary N) is 1. The SMILES string of the molecule is C[C@@H](NC(=O)[C@@H](N)CC(=O)O)C(=O)OC(C1CC1)C1CC1. The number of amides is 1. The number of esters is 1. The average molecular weight is 298 g/mol. The Morgan fingerprint density at radius 2 is 1.76 bits per heavy atom. The van der Waals surface area contributed by atoms with Crippen molar-refractivity contribution in [2.75, 3.05) is 0 Å². The first-order chi connectivity index (χ1) is 9.88. The predicted octanol–water partition coefficient (Wildman–Crippen LogP) is 0.0249. The molecule has 2 atom stereocenters. The number of hydrogen-bond acceptors (Lipinski definition) is 5. The van der Waals surface area contributed by atoms with Crippen molar-refractivity contribution in [1.29, 1.82) is 0 Å². The van der Waals surface area contributed by atoms with E-state index in [1.54, 1.807) is 0 Å². The zero-order valence-corrected chi connectivity index (χ0v) is 12.1. The molecule has 0 aromatic rings. The largest absolute Gasteiger partial charge is 0.481 e. The highest BCUT2D eigenvalue weighted by atomic mass is 16.5. The zero-order valence-electron chi connectivity index (χ0n) is 12.1. The molecule has 2 fully saturated rings. The van der Waals surface area contributed by atoms with Crippen LogP contribution in [0.15, 0.2) is 0 Å². The highest BCUT2D eigenvalue weighted by Gasteiger charge is 2.44. The Labute approximate surface area is 123 Å². The van der Waals surface area contributed by atoms with E-state index in [0.29, 0.717) is 11.8 Å². The second-order valence-electron chi connectivity index (χ2n) is 6.01. The van der Waals surface area contributed by atoms with Crippen LogP contribution in [-0.4, -0.2) is 41.1 Å². The molecule has 0 heterocycles. The lowest BCUT2D eigenvalue weighted by molar-refractivity contribution is -0.154. The molecule has 2 rings (SSSR count). The molecule has 0 bridgehead atoms. The van der Waals surface area contributed by atoms with Gasteiger partial charge >= 0.3 is 11.9 Å². The fourth-order valence-corrected chi connectivity index (χ4v) is 2.32. The number of carbonyl (C=O) groups is 3. The molecule has 2 aliphatic rings. The molecule has 0 aromatic heterocycles. The number of hydrogen-bond donors (Lipinski definition) is 3. The van der Waals surface area contributed by atoms with Crippen LogP contribution in [0.1, 0.15) is 39.0 Å². The minimum Gasteiger partial charge on any atom is -0.481 e. The van der Waals surface area contributed by atoms with Gasteiger partial charge in [0.2, 0.25) is 5.91 Å². The van der Waals surface area contributed by atoms with Crippen LogP contribution in [0.4, 0.5) is 0 Å². The van der Waals surface area contributed by atoms with E-state index in [1.165, 1.54) is 6.92 Å². The molecule has 118 valence electrons. The first-order valence-corrected chi connectivity index (χ1v) is 7.36. The quantitative estimate of drug-likeness (QED) is 0.544. The molecule has 21 heavy (non-hydrogen) atoms. The van der Waals surface area contributed by atoms with Gasteiger partial charge < -0.3 is 20.9 Å². The van der Waals surface area contributed by atoms with Gasteiger partial charge in [-0.15, -0.1) is 0 Å². The van der Waals surface area contributed by atoms with Crippen LogP contribution in [0, 0.1) is 11.8 Å². The van der Waals surface area contributed by atoms with Gasteiger partial charge in [0.25, 0.3) is 0 Å². The molecule has 0 spiro atoms. The van der Waals surface area contributed by atoms with E-state index < -0.39 is 36.4 Å². The molecule has 7 nitrogen and oxygen atoms in total. The van der Waals surface area contributed by atoms with Crippen molar-refractivity contribution in [2.45, 2.75) is 57.2 Å². The highest BCUT2D eigenvalue weighted by molar-refractivity contribution is 5.89. The van der Waals surface area contributed by atoms with Gasteiger partial charge in [-0.25, -0.2) is 4.79 Å². The third-order valence-corrected chi connectivity index (χ3v) is 3.87. The van der Waals surface area contributed by atoms with Gasteiger partial charge in [-0.2, -0.15) is 0 Å². The smallest absolute Gasteiger partial charge is 0.328 e. The van der Waals surface area contributed by atoms with Crippen molar-refractivity contribution in [2.24, 2.45) is 17.6 Å². The van der Waals surface area contributed by atoms with E-state index in [2.05, 4.69) is 5.32 Å². The summed E-state index contributed by atoms with van der Waals surface area (Å²) in [5.74, 6) is -1.35. The van der Waals surface area contributed by atoms with Gasteiger partial charge in [0.05, 0.1) is 12.5 Å². The minimum atomic E-state index is -1.17. The highest BCUT2D eigenvalue weighted by Crippen LogP contribution is 2.46. The molecule has 1 amide bonds. The zero-order chi connectivity index (χ0) is 15.6. The van der Waals surface area contributed by atoms with E-state index in [9.17, 15) is 14.4 Å². The monoisotopic (exact) mass is 298 g/mol. The van der Waals surface area contributed by atoms with E-state index in [0.717, 1.165) is 25.7 Å². The van der Waals surface area contributed by atoms with Crippen LogP contribution in [-0.2, 0) is 19.1 Å². The summed E-state index contributed by atoms with van der Waals surface area (Å²) in [6, 6.07) is -1.99. The summed E-state index contributed by atoms with van der Waals surface area (Å²) >= 11 is 0. The lowest BCUT2D eigenvalue weighted by Gasteiger charge is -2.21. The van der Waals surface area contributed by atoms with E-state index in [1.807, 2.05) is 0 Å². The van der Waals surface area contributed by atoms with Crippen LogP contribution in [0.5, 0.6) is 0 Å². The van der Waals surface area contributed by atoms with Crippen molar-refractivity contribution in [3.63, 3.8) is 0 Å². The van der Waals surface area contributed by atoms with E-state index in [4.69, 9.17) is 15.6 Å². The van der Waals surface area contributed by atoms with Crippen LogP contribution in [0.2, 0.25) is 0 Å². The molecule has 2 saturated carbocycles. The van der Waals surface area contributed by atoms with Gasteiger partial charge in [-0.3, -0.25) is 9.59 Å². The van der Waals surface area contributed by atoms with Gasteiger partial charge in [-0.1, -0.05) is 0 Å². The summed E-state index contributed by atoms with van der Waals surface area (Å²) in [7, 11) is 0. The fraction of sp³-hybridized carbons (Fsp3) is 0.786. The average Bonchev–Trinajstić information content (AvgIpc) is 3.27. The van der Waals surface area contributed by atoms with Gasteiger partial charge in [0, 0.05) is 0 Å². The van der Waals surface area contributed by atoms with Crippen molar-refractivity contribution in [3.05, 3.63) is 0 Å². The standard InChI is InChI=1S/C14H22N2O5/c1-7(16-13(19)10(15)6-11(17)18)14(20)21-12(8-2-3-8)9-4-5-9/h7-10,12H,2-6,15H2,1H3,(H,16,19)(H,17,18)/t7-,10+/m1/s1. The van der Waals surface area contributed by atoms with Crippen molar-refractivity contribution in [3.8, 4) is 0 Å². The summed E-state index contributed by atoms with van der Waals surface area (Å²) in [6.07, 6.45) is 3.89. The summed E-state index contributed by atoms with van der Waals surface area (Å²) in [5, 5.41) is 11.0. The molecule has 0 saturated heterocycles. The first-order valence-electron chi connectivity index (χ1n) is 7.36. The van der Waals surface area contributed by atoms with Crippen LogP contribution >= 0.6 is 0 Å². The van der Waals surface area contributed by atoms with Crippen molar-refractivity contribution in [1.82, 2.24) is 5.32 Å². The first kappa shape index (κ1) is 15.8. The third kappa shape index (κ3) is 4.70. The molecular weight excluding hydrogens is 276 g/mol. The number of nitrogens with one attached hydrogen (secondary N) is 1. The second-order valence-corrected chi connectivity index (χ2v) is 6.01. The lowest BCUT2D eigenvalue weighted by Crippen LogP contribution is -2.49. The van der Waals surface area contributed by atoms with Crippen LogP contribution < -0.4 is 11.1 Å². The van der Waals surface area contributed by atoms with Gasteiger partial charge in [0.15, 0.2) is 0 Å². The molecule has 0 aromatic carbocycles. The van der Waals surface area contributed by atoms with E-state index >= 15 is 0 Å². The predicted molar refractivity (Wildman–Crippen MR) is 73.2 cm³/mol. The van der Waals surface area contributed by atoms with Crippen molar-refractivity contribution < 1.29 is 24.2 Å².